The number of methoxy groups -OCH3 is 2. The molecule has 1 saturated carbocycles. The fourth-order valence-corrected chi connectivity index (χ4v) is 2.82. The van der Waals surface area contributed by atoms with Gasteiger partial charge in [0.2, 0.25) is 0 Å². The molecule has 0 aliphatic heterocycles. The van der Waals surface area contributed by atoms with Crippen molar-refractivity contribution in [3.8, 4) is 0 Å². The van der Waals surface area contributed by atoms with Crippen molar-refractivity contribution in [1.29, 1.82) is 0 Å². The molecule has 1 aliphatic rings. The van der Waals surface area contributed by atoms with Gasteiger partial charge in [0.05, 0.1) is 20.3 Å². The van der Waals surface area contributed by atoms with Gasteiger partial charge >= 0.3 is 5.97 Å². The second-order valence-electron chi connectivity index (χ2n) is 5.48. The number of ether oxygens (including phenoxy) is 4. The lowest BCUT2D eigenvalue weighted by Crippen LogP contribution is -2.51. The number of esters is 1. The van der Waals surface area contributed by atoms with E-state index >= 15 is 0 Å². The third-order valence-electron chi connectivity index (χ3n) is 4.06. The van der Waals surface area contributed by atoms with E-state index in [1.165, 1.54) is 7.11 Å². The molecule has 1 fully saturated rings. The minimum atomic E-state index is -0.825. The molecule has 0 radical (unpaired) electrons. The summed E-state index contributed by atoms with van der Waals surface area (Å²) < 4.78 is 20.7. The van der Waals surface area contributed by atoms with E-state index in [-0.39, 0.29) is 11.9 Å². The van der Waals surface area contributed by atoms with Gasteiger partial charge in [0.1, 0.15) is 5.54 Å². The van der Waals surface area contributed by atoms with Crippen molar-refractivity contribution in [2.75, 3.05) is 47.3 Å². The summed E-state index contributed by atoms with van der Waals surface area (Å²) >= 11 is 0. The normalized spacial score (nSPS) is 25.2. The molecule has 1 rings (SSSR count). The fourth-order valence-electron chi connectivity index (χ4n) is 2.82. The monoisotopic (exact) mass is 303 g/mol. The Hall–Kier alpha value is -0.690. The van der Waals surface area contributed by atoms with Crippen molar-refractivity contribution in [3.63, 3.8) is 0 Å². The molecule has 21 heavy (non-hydrogen) atoms. The molecule has 0 spiro atoms. The van der Waals surface area contributed by atoms with Crippen LogP contribution in [0.3, 0.4) is 0 Å². The van der Waals surface area contributed by atoms with Crippen LogP contribution in [0.5, 0.6) is 0 Å². The lowest BCUT2D eigenvalue weighted by atomic mass is 9.86. The molecule has 2 unspecified atom stereocenters. The van der Waals surface area contributed by atoms with Crippen molar-refractivity contribution >= 4 is 5.97 Å². The van der Waals surface area contributed by atoms with Crippen LogP contribution in [0.4, 0.5) is 0 Å². The third kappa shape index (κ3) is 5.90. The van der Waals surface area contributed by atoms with Crippen LogP contribution in [0.1, 0.15) is 32.1 Å². The maximum Gasteiger partial charge on any atom is 0.326 e. The Bertz CT molecular complexity index is 300. The number of hydrogen-bond donors (Lipinski definition) is 1. The van der Waals surface area contributed by atoms with E-state index in [1.807, 2.05) is 0 Å². The van der Waals surface area contributed by atoms with Crippen LogP contribution < -0.4 is 5.73 Å². The van der Waals surface area contributed by atoms with E-state index in [0.29, 0.717) is 39.5 Å². The van der Waals surface area contributed by atoms with Gasteiger partial charge in [-0.15, -0.1) is 0 Å². The molecule has 6 nitrogen and oxygen atoms in total. The predicted octanol–water partition coefficient (Wildman–Crippen LogP) is 1.12. The summed E-state index contributed by atoms with van der Waals surface area (Å²) in [5.41, 5.74) is 5.38. The lowest BCUT2D eigenvalue weighted by molar-refractivity contribution is -0.148. The van der Waals surface area contributed by atoms with Crippen LogP contribution >= 0.6 is 0 Å². The molecule has 0 aromatic rings. The first-order valence-electron chi connectivity index (χ1n) is 7.67. The molecule has 6 heteroatoms. The summed E-state index contributed by atoms with van der Waals surface area (Å²) in [6.07, 6.45) is 4.32. The molecule has 0 heterocycles. The third-order valence-corrected chi connectivity index (χ3v) is 4.06. The maximum atomic E-state index is 11.8. The van der Waals surface area contributed by atoms with Gasteiger partial charge in [0.15, 0.2) is 0 Å². The summed E-state index contributed by atoms with van der Waals surface area (Å²) in [7, 11) is 3.07. The molecule has 0 saturated heterocycles. The van der Waals surface area contributed by atoms with Crippen molar-refractivity contribution in [2.45, 2.75) is 37.6 Å². The van der Waals surface area contributed by atoms with E-state index in [9.17, 15) is 4.79 Å². The van der Waals surface area contributed by atoms with Crippen LogP contribution in [0.2, 0.25) is 0 Å². The largest absolute Gasteiger partial charge is 0.468 e. The molecular formula is C15H29NO5. The Balaban J connectivity index is 2.08. The molecule has 0 aromatic heterocycles. The second-order valence-corrected chi connectivity index (χ2v) is 5.48. The molecule has 0 amide bonds. The van der Waals surface area contributed by atoms with Crippen molar-refractivity contribution in [1.82, 2.24) is 0 Å². The summed E-state index contributed by atoms with van der Waals surface area (Å²) in [6.45, 7) is 3.15. The van der Waals surface area contributed by atoms with E-state index in [4.69, 9.17) is 24.7 Å². The van der Waals surface area contributed by atoms with Gasteiger partial charge in [-0.3, -0.25) is 4.79 Å². The highest BCUT2D eigenvalue weighted by atomic mass is 16.5. The molecule has 0 aromatic carbocycles. The van der Waals surface area contributed by atoms with Crippen molar-refractivity contribution in [2.24, 2.45) is 11.7 Å². The minimum Gasteiger partial charge on any atom is -0.468 e. The first-order valence-corrected chi connectivity index (χ1v) is 7.67. The van der Waals surface area contributed by atoms with Crippen LogP contribution in [0.25, 0.3) is 0 Å². The minimum absolute atomic E-state index is 0.146. The number of nitrogens with two attached hydrogens (primary N) is 1. The Labute approximate surface area is 127 Å². The maximum absolute atomic E-state index is 11.8. The molecular weight excluding hydrogens is 274 g/mol. The van der Waals surface area contributed by atoms with Gasteiger partial charge in [-0.25, -0.2) is 0 Å². The Kier molecular flexibility index (Phi) is 8.84. The first kappa shape index (κ1) is 18.4. The fraction of sp³-hybridized carbons (Fsp3) is 0.933. The number of rotatable bonds is 11. The van der Waals surface area contributed by atoms with Gasteiger partial charge in [0.25, 0.3) is 0 Å². The number of hydrogen-bond acceptors (Lipinski definition) is 6. The SMILES string of the molecule is COCCCOCCOCCC1CCCC1(N)C(=O)OC. The lowest BCUT2D eigenvalue weighted by Gasteiger charge is -2.28. The van der Waals surface area contributed by atoms with Gasteiger partial charge in [-0.2, -0.15) is 0 Å². The van der Waals surface area contributed by atoms with Crippen LogP contribution in [0.15, 0.2) is 0 Å². The number of carbonyl (C=O) groups excluding carboxylic acids is 1. The first-order chi connectivity index (χ1) is 10.1. The zero-order valence-corrected chi connectivity index (χ0v) is 13.3. The average Bonchev–Trinajstić information content (AvgIpc) is 2.87. The van der Waals surface area contributed by atoms with Crippen LogP contribution in [-0.4, -0.2) is 58.8 Å². The number of carbonyl (C=O) groups is 1. The van der Waals surface area contributed by atoms with Gasteiger partial charge in [-0.1, -0.05) is 6.42 Å². The summed E-state index contributed by atoms with van der Waals surface area (Å²) in [5.74, 6) is -0.154. The highest BCUT2D eigenvalue weighted by Crippen LogP contribution is 2.36. The molecule has 124 valence electrons. The van der Waals surface area contributed by atoms with Crippen LogP contribution in [-0.2, 0) is 23.7 Å². The predicted molar refractivity (Wildman–Crippen MR) is 79.0 cm³/mol. The topological polar surface area (TPSA) is 80.0 Å². The van der Waals surface area contributed by atoms with E-state index in [2.05, 4.69) is 0 Å². The highest BCUT2D eigenvalue weighted by Gasteiger charge is 2.46. The van der Waals surface area contributed by atoms with Gasteiger partial charge in [0, 0.05) is 26.9 Å². The molecule has 0 bridgehead atoms. The molecule has 2 atom stereocenters. The Morgan fingerprint density at radius 1 is 1.14 bits per heavy atom. The molecule has 2 N–H and O–H groups in total. The zero-order valence-electron chi connectivity index (χ0n) is 13.3. The summed E-state index contributed by atoms with van der Waals surface area (Å²) in [5, 5.41) is 0. The van der Waals surface area contributed by atoms with Crippen molar-refractivity contribution < 1.29 is 23.7 Å². The Morgan fingerprint density at radius 3 is 2.52 bits per heavy atom. The standard InChI is InChI=1S/C15H29NO5/c1-18-8-4-9-20-11-12-21-10-6-13-5-3-7-15(13,16)14(17)19-2/h13H,3-12,16H2,1-2H3. The second kappa shape index (κ2) is 10.1. The van der Waals surface area contributed by atoms with E-state index in [1.54, 1.807) is 7.11 Å². The summed E-state index contributed by atoms with van der Waals surface area (Å²) in [6, 6.07) is 0. The molecule has 1 aliphatic carbocycles. The van der Waals surface area contributed by atoms with Crippen molar-refractivity contribution in [3.05, 3.63) is 0 Å². The van der Waals surface area contributed by atoms with Crippen LogP contribution in [0, 0.1) is 5.92 Å². The van der Waals surface area contributed by atoms with E-state index in [0.717, 1.165) is 25.7 Å². The quantitative estimate of drug-likeness (QED) is 0.455. The summed E-state index contributed by atoms with van der Waals surface area (Å²) in [4.78, 5) is 11.8. The van der Waals surface area contributed by atoms with Gasteiger partial charge < -0.3 is 24.7 Å². The average molecular weight is 303 g/mol. The Morgan fingerprint density at radius 2 is 1.86 bits per heavy atom. The smallest absolute Gasteiger partial charge is 0.326 e. The zero-order chi connectivity index (χ0) is 15.6. The van der Waals surface area contributed by atoms with E-state index < -0.39 is 5.54 Å². The highest BCUT2D eigenvalue weighted by molar-refractivity contribution is 5.81. The van der Waals surface area contributed by atoms with Gasteiger partial charge in [-0.05, 0) is 31.6 Å².